The molecule has 1 aromatic carbocycles. The number of carbonyl (C=O) groups excluding carboxylic acids is 2. The maximum Gasteiger partial charge on any atom is 0.338 e. The van der Waals surface area contributed by atoms with E-state index in [0.717, 1.165) is 44.9 Å². The van der Waals surface area contributed by atoms with Gasteiger partial charge in [-0.15, -0.1) is 0 Å². The molecule has 1 aliphatic rings. The molecule has 0 saturated carbocycles. The van der Waals surface area contributed by atoms with Crippen LogP contribution >= 0.6 is 0 Å². The number of carbonyl (C=O) groups is 2. The number of hydrogen-bond donors (Lipinski definition) is 3. The molecule has 1 aromatic rings. The largest absolute Gasteiger partial charge is 0.490 e. The summed E-state index contributed by atoms with van der Waals surface area (Å²) in [5, 5.41) is 25.9. The maximum absolute atomic E-state index is 14.1. The highest BCUT2D eigenvalue weighted by atomic mass is 28.4. The maximum atomic E-state index is 14.1. The number of amides is 1. The third-order valence-corrected chi connectivity index (χ3v) is 17.9. The third kappa shape index (κ3) is 24.0. The highest BCUT2D eigenvalue weighted by Crippen LogP contribution is 2.37. The molecule has 0 aromatic heterocycles. The molecule has 1 fully saturated rings. The number of hydrogen-bond acceptors (Lipinski definition) is 9. The summed E-state index contributed by atoms with van der Waals surface area (Å²) >= 11 is 0. The summed E-state index contributed by atoms with van der Waals surface area (Å²) in [6.45, 7) is 18.3. The van der Waals surface area contributed by atoms with Crippen LogP contribution in [0.3, 0.4) is 0 Å². The van der Waals surface area contributed by atoms with E-state index >= 15 is 0 Å². The molecule has 0 bridgehead atoms. The average molecular weight is 920 g/mol. The zero-order valence-electron chi connectivity index (χ0n) is 42.3. The third-order valence-electron chi connectivity index (χ3n) is 13.4. The lowest BCUT2D eigenvalue weighted by Gasteiger charge is -2.44. The van der Waals surface area contributed by atoms with Crippen molar-refractivity contribution < 1.29 is 43.2 Å². The molecule has 3 N–H and O–H groups in total. The number of esters is 1. The van der Waals surface area contributed by atoms with Crippen LogP contribution in [0.15, 0.2) is 18.2 Å². The van der Waals surface area contributed by atoms with Gasteiger partial charge in [0.25, 0.3) is 0 Å². The molecule has 0 unspecified atom stereocenters. The van der Waals surface area contributed by atoms with Crippen LogP contribution in [0.2, 0.25) is 18.1 Å². The Labute approximate surface area is 392 Å². The van der Waals surface area contributed by atoms with Crippen molar-refractivity contribution in [3.63, 3.8) is 0 Å². The quantitative estimate of drug-likeness (QED) is 0.0337. The lowest BCUT2D eigenvalue weighted by Crippen LogP contribution is -2.65. The smallest absolute Gasteiger partial charge is 0.338 e. The van der Waals surface area contributed by atoms with Gasteiger partial charge in [0.15, 0.2) is 32.2 Å². The Bertz CT molecular complexity index is 1350. The number of aliphatic hydroxyl groups is 2. The van der Waals surface area contributed by atoms with E-state index in [1.165, 1.54) is 122 Å². The molecule has 0 spiro atoms. The fourth-order valence-corrected chi connectivity index (χ4v) is 8.99. The molecular weight excluding hydrogens is 823 g/mol. The number of ether oxygens (including phenoxy) is 4. The fraction of sp³-hybridized carbons (Fsp3) is 0.849. The number of unbranched alkanes of at least 4 members (excludes halogenated alkanes) is 24. The Kier molecular flexibility index (Phi) is 30.9. The zero-order valence-corrected chi connectivity index (χ0v) is 43.3. The molecule has 64 heavy (non-hydrogen) atoms. The van der Waals surface area contributed by atoms with Crippen molar-refractivity contribution in [1.29, 1.82) is 0 Å². The van der Waals surface area contributed by atoms with Gasteiger partial charge >= 0.3 is 5.97 Å². The Morgan fingerprint density at radius 1 is 0.641 bits per heavy atom. The van der Waals surface area contributed by atoms with Gasteiger partial charge in [-0.1, -0.05) is 196 Å². The van der Waals surface area contributed by atoms with Crippen molar-refractivity contribution in [2.45, 2.75) is 270 Å². The van der Waals surface area contributed by atoms with Gasteiger partial charge in [-0.25, -0.2) is 4.79 Å². The minimum atomic E-state index is -2.26. The Balaban J connectivity index is 2.16. The monoisotopic (exact) mass is 920 g/mol. The summed E-state index contributed by atoms with van der Waals surface area (Å²) in [6, 6.07) is 3.86. The summed E-state index contributed by atoms with van der Waals surface area (Å²) in [5.41, 5.74) is 0.221. The fourth-order valence-electron chi connectivity index (χ4n) is 7.97. The van der Waals surface area contributed by atoms with Gasteiger partial charge in [0.1, 0.15) is 18.2 Å². The number of nitrogens with one attached hydrogen (secondary N) is 1. The van der Waals surface area contributed by atoms with Crippen molar-refractivity contribution in [1.82, 2.24) is 5.32 Å². The summed E-state index contributed by atoms with van der Waals surface area (Å²) in [7, 11) is -2.26. The first-order valence-corrected chi connectivity index (χ1v) is 29.2. The van der Waals surface area contributed by atoms with Crippen molar-refractivity contribution in [3.8, 4) is 11.5 Å². The molecule has 5 atom stereocenters. The van der Waals surface area contributed by atoms with Crippen LogP contribution in [-0.2, 0) is 18.7 Å². The van der Waals surface area contributed by atoms with Crippen molar-refractivity contribution in [2.24, 2.45) is 0 Å². The first kappa shape index (κ1) is 57.9. The van der Waals surface area contributed by atoms with Gasteiger partial charge in [-0.05, 0) is 55.6 Å². The summed E-state index contributed by atoms with van der Waals surface area (Å²) in [6.07, 6.45) is 27.0. The molecule has 1 heterocycles. The van der Waals surface area contributed by atoms with Crippen molar-refractivity contribution in [2.75, 3.05) is 19.8 Å². The molecule has 10 nitrogen and oxygen atoms in total. The Hall–Kier alpha value is -2.18. The molecule has 2 rings (SSSR count). The van der Waals surface area contributed by atoms with E-state index in [1.807, 2.05) is 0 Å². The summed E-state index contributed by atoms with van der Waals surface area (Å²) < 4.78 is 30.9. The predicted octanol–water partition coefficient (Wildman–Crippen LogP) is 13.5. The van der Waals surface area contributed by atoms with Crippen LogP contribution in [0.25, 0.3) is 0 Å². The second kappa shape index (κ2) is 34.2. The first-order valence-electron chi connectivity index (χ1n) is 26.3. The molecule has 0 aliphatic carbocycles. The number of rotatable bonds is 38. The lowest BCUT2D eigenvalue weighted by molar-refractivity contribution is -0.252. The normalized spacial score (nSPS) is 19.1. The highest BCUT2D eigenvalue weighted by molar-refractivity contribution is 6.74. The zero-order chi connectivity index (χ0) is 47.1. The minimum absolute atomic E-state index is 0.00377. The van der Waals surface area contributed by atoms with Crippen molar-refractivity contribution >= 4 is 20.2 Å². The van der Waals surface area contributed by atoms with E-state index in [2.05, 4.69) is 60.0 Å². The van der Waals surface area contributed by atoms with Gasteiger partial charge in [0.05, 0.1) is 25.4 Å². The first-order chi connectivity index (χ1) is 30.7. The van der Waals surface area contributed by atoms with Crippen LogP contribution in [0.1, 0.15) is 232 Å². The van der Waals surface area contributed by atoms with Gasteiger partial charge in [-0.3, -0.25) is 4.79 Å². The van der Waals surface area contributed by atoms with Gasteiger partial charge in [0, 0.05) is 6.42 Å². The van der Waals surface area contributed by atoms with E-state index in [-0.39, 0.29) is 29.5 Å². The van der Waals surface area contributed by atoms with Crippen LogP contribution < -0.4 is 14.8 Å². The molecule has 0 radical (unpaired) electrons. The Morgan fingerprint density at radius 3 is 1.55 bits per heavy atom. The van der Waals surface area contributed by atoms with E-state index in [4.69, 9.17) is 23.4 Å². The van der Waals surface area contributed by atoms with E-state index < -0.39 is 44.9 Å². The van der Waals surface area contributed by atoms with Gasteiger partial charge < -0.3 is 38.9 Å². The van der Waals surface area contributed by atoms with Crippen LogP contribution in [0.5, 0.6) is 11.5 Å². The number of aliphatic hydroxyl groups excluding tert-OH is 2. The average Bonchev–Trinajstić information content (AvgIpc) is 3.26. The standard InChI is InChI=1S/C53H97NO9Si/c1-9-12-15-18-21-24-25-26-27-30-33-36-47(55)54-48-50(49(56)46(62-52(48)58)42-61-64(7,8)53(4,5)6)63-51(57)43-37-38-44(59-39-34-31-28-22-19-16-13-10-2)45(41-43)60-40-35-32-29-23-20-17-14-11-3/h37-38,41,46,48-50,52,56,58H,9-36,39-40,42H2,1-8H3,(H,54,55)/t46-,48-,49-,50-,52-/m1/s1. The second-order valence-corrected chi connectivity index (χ2v) is 25.0. The molecular formula is C53H97NO9Si. The molecule has 372 valence electrons. The predicted molar refractivity (Wildman–Crippen MR) is 265 cm³/mol. The van der Waals surface area contributed by atoms with Crippen LogP contribution in [0.4, 0.5) is 0 Å². The van der Waals surface area contributed by atoms with E-state index in [9.17, 15) is 19.8 Å². The summed E-state index contributed by atoms with van der Waals surface area (Å²) in [5.74, 6) is 0.0544. The van der Waals surface area contributed by atoms with Crippen LogP contribution in [-0.4, -0.2) is 80.9 Å². The highest BCUT2D eigenvalue weighted by Gasteiger charge is 2.49. The molecule has 1 amide bonds. The second-order valence-electron chi connectivity index (χ2n) is 20.2. The SMILES string of the molecule is CCCCCCCCCCCCCC(=O)N[C@@H]1[C@@H](OC(=O)c2ccc(OCCCCCCCCCC)c(OCCCCCCCCCC)c2)[C@H](O)[C@@H](CO[Si](C)(C)C(C)(C)C)O[C@H]1O. The van der Waals surface area contributed by atoms with E-state index in [0.29, 0.717) is 31.1 Å². The number of benzene rings is 1. The van der Waals surface area contributed by atoms with Crippen molar-refractivity contribution in [3.05, 3.63) is 23.8 Å². The molecule has 1 saturated heterocycles. The topological polar surface area (TPSA) is 133 Å². The minimum Gasteiger partial charge on any atom is -0.490 e. The van der Waals surface area contributed by atoms with Crippen LogP contribution in [0, 0.1) is 0 Å². The van der Waals surface area contributed by atoms with Gasteiger partial charge in [0.2, 0.25) is 5.91 Å². The van der Waals surface area contributed by atoms with Gasteiger partial charge in [-0.2, -0.15) is 0 Å². The Morgan fingerprint density at radius 2 is 1.08 bits per heavy atom. The molecule has 1 aliphatic heterocycles. The summed E-state index contributed by atoms with van der Waals surface area (Å²) in [4.78, 5) is 27.4. The lowest BCUT2D eigenvalue weighted by atomic mass is 9.96. The van der Waals surface area contributed by atoms with E-state index in [1.54, 1.807) is 18.2 Å². The molecule has 11 heteroatoms.